The minimum Gasteiger partial charge on any atom is -0.472 e. The molecule has 4 rings (SSSR count). The van der Waals surface area contributed by atoms with Crippen molar-refractivity contribution in [1.29, 1.82) is 0 Å². The number of halogens is 1. The second-order valence-corrected chi connectivity index (χ2v) is 9.23. The van der Waals surface area contributed by atoms with Crippen LogP contribution in [-0.4, -0.2) is 70.6 Å². The molecular formula is C28H30FN3O4. The second kappa shape index (κ2) is 10.9. The average molecular weight is 492 g/mol. The molecule has 2 heterocycles. The number of fused-ring (bicyclic) bond motifs is 1. The van der Waals surface area contributed by atoms with E-state index in [1.54, 1.807) is 37.2 Å². The largest absolute Gasteiger partial charge is 0.472 e. The topological polar surface area (TPSA) is 83.0 Å². The predicted molar refractivity (Wildman–Crippen MR) is 134 cm³/mol. The maximum Gasteiger partial charge on any atom is 0.259 e. The van der Waals surface area contributed by atoms with Crippen molar-refractivity contribution in [3.63, 3.8) is 0 Å². The number of likely N-dealkylation sites (N-methyl/N-ethyl adjacent to an activating group) is 1. The van der Waals surface area contributed by atoms with Gasteiger partial charge >= 0.3 is 0 Å². The van der Waals surface area contributed by atoms with E-state index in [1.807, 2.05) is 37.3 Å². The molecule has 1 aliphatic rings. The molecule has 3 atom stereocenters. The molecule has 36 heavy (non-hydrogen) atoms. The maximum absolute atomic E-state index is 14.2. The van der Waals surface area contributed by atoms with Gasteiger partial charge in [-0.25, -0.2) is 9.37 Å². The van der Waals surface area contributed by atoms with Crippen LogP contribution >= 0.6 is 0 Å². The van der Waals surface area contributed by atoms with E-state index in [9.17, 15) is 19.1 Å². The summed E-state index contributed by atoms with van der Waals surface area (Å²) in [7, 11) is 1.59. The SMILES string of the molecule is C[C@@H]1CN([C@H](C)CO)C(=O)c2cc(-c3ccccc3)cnc2O[C@@H]1CN(C)C(=O)c1ccccc1F. The Morgan fingerprint density at radius 1 is 1.19 bits per heavy atom. The second-order valence-electron chi connectivity index (χ2n) is 9.23. The van der Waals surface area contributed by atoms with Crippen LogP contribution in [0, 0.1) is 11.7 Å². The Labute approximate surface area is 210 Å². The molecular weight excluding hydrogens is 461 g/mol. The third kappa shape index (κ3) is 5.23. The van der Waals surface area contributed by atoms with E-state index < -0.39 is 23.9 Å². The molecule has 0 saturated heterocycles. The summed E-state index contributed by atoms with van der Waals surface area (Å²) < 4.78 is 20.5. The molecule has 7 nitrogen and oxygen atoms in total. The highest BCUT2D eigenvalue weighted by Gasteiger charge is 2.35. The summed E-state index contributed by atoms with van der Waals surface area (Å²) >= 11 is 0. The number of carbonyl (C=O) groups is 2. The zero-order chi connectivity index (χ0) is 25.8. The highest BCUT2D eigenvalue weighted by molar-refractivity contribution is 5.98. The zero-order valence-corrected chi connectivity index (χ0v) is 20.6. The summed E-state index contributed by atoms with van der Waals surface area (Å²) in [6.07, 6.45) is 1.12. The van der Waals surface area contributed by atoms with E-state index in [4.69, 9.17) is 4.74 Å². The molecule has 0 bridgehead atoms. The van der Waals surface area contributed by atoms with Crippen molar-refractivity contribution >= 4 is 11.8 Å². The quantitative estimate of drug-likeness (QED) is 0.566. The van der Waals surface area contributed by atoms with E-state index in [0.29, 0.717) is 6.54 Å². The fourth-order valence-electron chi connectivity index (χ4n) is 4.30. The average Bonchev–Trinajstić information content (AvgIpc) is 2.90. The Bertz CT molecular complexity index is 1240. The smallest absolute Gasteiger partial charge is 0.259 e. The summed E-state index contributed by atoms with van der Waals surface area (Å²) in [6.45, 7) is 3.97. The molecule has 0 fully saturated rings. The maximum atomic E-state index is 14.2. The van der Waals surface area contributed by atoms with Crippen LogP contribution in [0.1, 0.15) is 34.6 Å². The molecule has 0 spiro atoms. The van der Waals surface area contributed by atoms with Crippen LogP contribution in [-0.2, 0) is 0 Å². The standard InChI is InChI=1S/C28H30FN3O4/c1-18-15-32(19(2)17-33)28(35)23-13-21(20-9-5-4-6-10-20)14-30-26(23)36-25(18)16-31(3)27(34)22-11-7-8-12-24(22)29/h4-14,18-19,25,33H,15-17H2,1-3H3/t18-,19-,25-/m1/s1. The van der Waals surface area contributed by atoms with Gasteiger partial charge in [-0.15, -0.1) is 0 Å². The van der Waals surface area contributed by atoms with Crippen LogP contribution < -0.4 is 4.74 Å². The van der Waals surface area contributed by atoms with Gasteiger partial charge in [0, 0.05) is 31.3 Å². The van der Waals surface area contributed by atoms with Gasteiger partial charge in [0.2, 0.25) is 5.88 Å². The van der Waals surface area contributed by atoms with E-state index in [0.717, 1.165) is 11.1 Å². The summed E-state index contributed by atoms with van der Waals surface area (Å²) in [5.41, 5.74) is 1.94. The lowest BCUT2D eigenvalue weighted by Crippen LogP contribution is -2.50. The van der Waals surface area contributed by atoms with Crippen LogP contribution in [0.5, 0.6) is 5.88 Å². The number of carbonyl (C=O) groups excluding carboxylic acids is 2. The molecule has 1 aromatic heterocycles. The number of aliphatic hydroxyl groups excluding tert-OH is 1. The third-order valence-electron chi connectivity index (χ3n) is 6.53. The van der Waals surface area contributed by atoms with E-state index >= 15 is 0 Å². The monoisotopic (exact) mass is 491 g/mol. The van der Waals surface area contributed by atoms with Gasteiger partial charge in [0.25, 0.3) is 11.8 Å². The van der Waals surface area contributed by atoms with Crippen molar-refractivity contribution < 1.29 is 23.8 Å². The van der Waals surface area contributed by atoms with Crippen LogP contribution in [0.15, 0.2) is 66.9 Å². The number of hydrogen-bond acceptors (Lipinski definition) is 5. The van der Waals surface area contributed by atoms with Crippen molar-refractivity contribution in [2.24, 2.45) is 5.92 Å². The van der Waals surface area contributed by atoms with Gasteiger partial charge < -0.3 is 19.6 Å². The Morgan fingerprint density at radius 2 is 1.89 bits per heavy atom. The number of nitrogens with zero attached hydrogens (tertiary/aromatic N) is 3. The fraction of sp³-hybridized carbons (Fsp3) is 0.321. The van der Waals surface area contributed by atoms with Crippen LogP contribution in [0.2, 0.25) is 0 Å². The minimum atomic E-state index is -0.588. The first kappa shape index (κ1) is 25.3. The van der Waals surface area contributed by atoms with Gasteiger partial charge in [0.15, 0.2) is 0 Å². The lowest BCUT2D eigenvalue weighted by Gasteiger charge is -2.37. The molecule has 0 aliphatic carbocycles. The number of aliphatic hydroxyl groups is 1. The van der Waals surface area contributed by atoms with E-state index in [2.05, 4.69) is 4.98 Å². The first-order valence-electron chi connectivity index (χ1n) is 11.9. The Kier molecular flexibility index (Phi) is 7.64. The number of aromatic nitrogens is 1. The number of ether oxygens (including phenoxy) is 1. The summed E-state index contributed by atoms with van der Waals surface area (Å²) in [5.74, 6) is -1.37. The van der Waals surface area contributed by atoms with E-state index in [1.165, 1.54) is 23.1 Å². The molecule has 2 aromatic carbocycles. The normalized spacial score (nSPS) is 18.5. The van der Waals surface area contributed by atoms with Crippen molar-refractivity contribution in [3.8, 4) is 17.0 Å². The van der Waals surface area contributed by atoms with Crippen molar-refractivity contribution in [3.05, 3.63) is 83.8 Å². The van der Waals surface area contributed by atoms with Crippen LogP contribution in [0.3, 0.4) is 0 Å². The van der Waals surface area contributed by atoms with Gasteiger partial charge in [-0.2, -0.15) is 0 Å². The molecule has 0 radical (unpaired) electrons. The molecule has 0 unspecified atom stereocenters. The van der Waals surface area contributed by atoms with Gasteiger partial charge in [0.05, 0.1) is 24.8 Å². The first-order valence-corrected chi connectivity index (χ1v) is 11.9. The third-order valence-corrected chi connectivity index (χ3v) is 6.53. The molecule has 0 saturated carbocycles. The Hall–Kier alpha value is -3.78. The highest BCUT2D eigenvalue weighted by Crippen LogP contribution is 2.30. The minimum absolute atomic E-state index is 0.0183. The van der Waals surface area contributed by atoms with Crippen molar-refractivity contribution in [2.75, 3.05) is 26.7 Å². The Morgan fingerprint density at radius 3 is 2.58 bits per heavy atom. The molecule has 1 aliphatic heterocycles. The lowest BCUT2D eigenvalue weighted by molar-refractivity contribution is 0.0312. The fourth-order valence-corrected chi connectivity index (χ4v) is 4.30. The molecule has 8 heteroatoms. The molecule has 2 amide bonds. The molecule has 1 N–H and O–H groups in total. The van der Waals surface area contributed by atoms with Gasteiger partial charge in [-0.1, -0.05) is 49.4 Å². The highest BCUT2D eigenvalue weighted by atomic mass is 19.1. The number of pyridine rings is 1. The molecule has 188 valence electrons. The summed E-state index contributed by atoms with van der Waals surface area (Å²) in [6, 6.07) is 16.8. The van der Waals surface area contributed by atoms with Crippen molar-refractivity contribution in [2.45, 2.75) is 26.0 Å². The van der Waals surface area contributed by atoms with E-state index in [-0.39, 0.29) is 42.0 Å². The number of benzene rings is 2. The van der Waals surface area contributed by atoms with Gasteiger partial charge in [-0.05, 0) is 30.7 Å². The van der Waals surface area contributed by atoms with Gasteiger partial charge in [-0.3, -0.25) is 9.59 Å². The lowest BCUT2D eigenvalue weighted by atomic mass is 9.99. The predicted octanol–water partition coefficient (Wildman–Crippen LogP) is 3.88. The number of amides is 2. The van der Waals surface area contributed by atoms with Crippen LogP contribution in [0.25, 0.3) is 11.1 Å². The number of hydrogen-bond donors (Lipinski definition) is 1. The van der Waals surface area contributed by atoms with Gasteiger partial charge in [0.1, 0.15) is 17.5 Å². The zero-order valence-electron chi connectivity index (χ0n) is 20.6. The summed E-state index contributed by atoms with van der Waals surface area (Å²) in [5, 5.41) is 9.84. The van der Waals surface area contributed by atoms with Crippen molar-refractivity contribution in [1.82, 2.24) is 14.8 Å². The number of rotatable bonds is 6. The summed E-state index contributed by atoms with van der Waals surface area (Å²) in [4.78, 5) is 34.0. The Balaban J connectivity index is 1.68. The van der Waals surface area contributed by atoms with Crippen LogP contribution in [0.4, 0.5) is 4.39 Å². The first-order chi connectivity index (χ1) is 17.3. The molecule has 3 aromatic rings.